The maximum Gasteiger partial charge on any atom is 0.402 e. The van der Waals surface area contributed by atoms with Crippen LogP contribution in [0.15, 0.2) is 194 Å². The number of alkyl halides is 3. The van der Waals surface area contributed by atoms with Gasteiger partial charge >= 0.3 is 6.18 Å². The molecule has 11 nitrogen and oxygen atoms in total. The minimum atomic E-state index is -4.95. The van der Waals surface area contributed by atoms with Crippen molar-refractivity contribution in [2.45, 2.75) is 51.1 Å². The third-order valence-corrected chi connectivity index (χ3v) is 14.0. The first kappa shape index (κ1) is 56.5. The number of aryl methyl sites for hydroxylation is 1. The topological polar surface area (TPSA) is 148 Å². The van der Waals surface area contributed by atoms with Crippen molar-refractivity contribution >= 4 is 39.4 Å². The monoisotopic (exact) mass is 1090 g/mol. The van der Waals surface area contributed by atoms with E-state index in [1.807, 2.05) is 136 Å². The van der Waals surface area contributed by atoms with E-state index in [0.29, 0.717) is 24.2 Å². The van der Waals surface area contributed by atoms with Crippen molar-refractivity contribution < 1.29 is 54.8 Å². The fourth-order valence-electron chi connectivity index (χ4n) is 9.72. The van der Waals surface area contributed by atoms with E-state index < -0.39 is 45.3 Å². The molecule has 1 atom stereocenters. The summed E-state index contributed by atoms with van der Waals surface area (Å²) in [6, 6.07) is 58.0. The van der Waals surface area contributed by atoms with Gasteiger partial charge in [0.1, 0.15) is 16.9 Å². The number of carbonyl (C=O) groups excluding carboxylic acids is 4. The van der Waals surface area contributed by atoms with E-state index in [1.165, 1.54) is 31.3 Å². The van der Waals surface area contributed by atoms with Gasteiger partial charge in [-0.3, -0.25) is 28.6 Å². The predicted octanol–water partition coefficient (Wildman–Crippen LogP) is 13.5. The molecule has 0 saturated heterocycles. The predicted molar refractivity (Wildman–Crippen MR) is 299 cm³/mol. The van der Waals surface area contributed by atoms with E-state index in [1.54, 1.807) is 18.2 Å². The molecule has 8 aromatic rings. The lowest BCUT2D eigenvalue weighted by Gasteiger charge is -2.33. The summed E-state index contributed by atoms with van der Waals surface area (Å²) in [5, 5.41) is 0. The fourth-order valence-corrected chi connectivity index (χ4v) is 9.72. The molecule has 10 rings (SSSR count). The Labute approximate surface area is 457 Å². The van der Waals surface area contributed by atoms with Crippen molar-refractivity contribution in [3.63, 3.8) is 0 Å². The van der Waals surface area contributed by atoms with Gasteiger partial charge < -0.3 is 9.47 Å². The molecule has 1 unspecified atom stereocenters. The van der Waals surface area contributed by atoms with Gasteiger partial charge in [-0.05, 0) is 106 Å². The average molecular weight is 1090 g/mol. The molecule has 0 saturated carbocycles. The second-order valence-corrected chi connectivity index (χ2v) is 20.5. The number of imide groups is 2. The van der Waals surface area contributed by atoms with Crippen LogP contribution in [0.4, 0.5) is 18.9 Å². The van der Waals surface area contributed by atoms with Gasteiger partial charge in [0.25, 0.3) is 33.7 Å². The zero-order chi connectivity index (χ0) is 56.8. The molecule has 0 fully saturated rings. The van der Waals surface area contributed by atoms with Crippen LogP contribution < -0.4 is 14.4 Å². The molecule has 4 amide bonds. The van der Waals surface area contributed by atoms with E-state index in [9.17, 15) is 27.6 Å². The van der Waals surface area contributed by atoms with Gasteiger partial charge in [0.15, 0.2) is 0 Å². The van der Waals surface area contributed by atoms with Gasteiger partial charge in [-0.15, -0.1) is 0 Å². The number of rotatable bonds is 14. The number of fused-ring (bicyclic) bond motifs is 2. The van der Waals surface area contributed by atoms with Crippen LogP contribution in [0.1, 0.15) is 113 Å². The second-order valence-electron chi connectivity index (χ2n) is 19.0. The molecule has 0 radical (unpaired) electrons. The van der Waals surface area contributed by atoms with Crippen molar-refractivity contribution in [1.82, 2.24) is 4.90 Å². The smallest absolute Gasteiger partial charge is 0.402 e. The standard InChI is InChI=1S/C61H47F3N2O6.C2H6.CH4O3S/c1-38-24-25-43(32-54(38)71-36-51(39-16-8-4-9-17-39)40-18-10-5-11-19-40)44-26-31-53(55(33-44)72-37-52(41-20-12-6-13-21-41)42-22-14-7-15-23-42)66-58(69)48-30-28-46(35-50(48)59(66)70)60(2,61(62,63)64)45-27-29-47-49(34-45)57(68)65(3)56(47)67;1-2;1-5(2,3)4/h4-35,51-52H,36-37H2,1-3H3;1-2H3;1H3,(H,2,3,4). The second kappa shape index (κ2) is 23.5. The summed E-state index contributed by atoms with van der Waals surface area (Å²) >= 11 is 0. The summed E-state index contributed by atoms with van der Waals surface area (Å²) < 4.78 is 85.7. The number of nitrogens with zero attached hydrogens (tertiary/aromatic N) is 2. The van der Waals surface area contributed by atoms with Crippen molar-refractivity contribution in [3.05, 3.63) is 255 Å². The van der Waals surface area contributed by atoms with E-state index >= 15 is 13.2 Å². The van der Waals surface area contributed by atoms with Gasteiger partial charge in [0.05, 0.1) is 47.4 Å². The van der Waals surface area contributed by atoms with Gasteiger partial charge in [-0.2, -0.15) is 21.6 Å². The molecule has 1 N–H and O–H groups in total. The Balaban J connectivity index is 0.00000111. The summed E-state index contributed by atoms with van der Waals surface area (Å²) in [5.41, 5.74) is 2.77. The minimum Gasteiger partial charge on any atom is -0.492 e. The SMILES string of the molecule is CC.CS(=O)(=O)O.Cc1ccc(-c2ccc(N3C(=O)c4ccc(C(C)(c5ccc6c(c5)C(=O)N(C)C6=O)C(F)(F)F)cc4C3=O)c(OCC(c3ccccc3)c3ccccc3)c2)cc1OCC(c1ccccc1)c1ccccc1. The zero-order valence-corrected chi connectivity index (χ0v) is 45.0. The lowest BCUT2D eigenvalue weighted by Crippen LogP contribution is -2.41. The molecule has 0 aromatic heterocycles. The van der Waals surface area contributed by atoms with Crippen LogP contribution in [0.2, 0.25) is 0 Å². The third-order valence-electron chi connectivity index (χ3n) is 14.0. The van der Waals surface area contributed by atoms with Gasteiger partial charge in [-0.25, -0.2) is 4.90 Å². The molecule has 0 spiro atoms. The first-order valence-corrected chi connectivity index (χ1v) is 27.3. The number of amides is 4. The number of anilines is 1. The third kappa shape index (κ3) is 11.9. The van der Waals surface area contributed by atoms with Crippen molar-refractivity contribution in [2.24, 2.45) is 0 Å². The lowest BCUT2D eigenvalue weighted by molar-refractivity contribution is -0.173. The molecular weight excluding hydrogens is 1030 g/mol. The summed E-state index contributed by atoms with van der Waals surface area (Å²) in [4.78, 5) is 56.6. The number of benzene rings is 8. The Hall–Kier alpha value is -8.66. The first-order valence-electron chi connectivity index (χ1n) is 25.4. The van der Waals surface area contributed by atoms with Crippen LogP contribution in [0.3, 0.4) is 0 Å². The maximum atomic E-state index is 15.5. The van der Waals surface area contributed by atoms with Crippen LogP contribution in [-0.4, -0.2) is 74.2 Å². The van der Waals surface area contributed by atoms with Crippen LogP contribution in [-0.2, 0) is 15.5 Å². The molecule has 2 aliphatic rings. The fraction of sp³-hybridized carbons (Fsp3) is 0.188. The van der Waals surface area contributed by atoms with E-state index in [4.69, 9.17) is 14.0 Å². The van der Waals surface area contributed by atoms with Crippen molar-refractivity contribution in [2.75, 3.05) is 31.4 Å². The number of hydrogen-bond acceptors (Lipinski definition) is 8. The highest BCUT2D eigenvalue weighted by Gasteiger charge is 2.55. The highest BCUT2D eigenvalue weighted by atomic mass is 32.2. The number of ether oxygens (including phenoxy) is 2. The van der Waals surface area contributed by atoms with Crippen LogP contribution in [0.25, 0.3) is 11.1 Å². The van der Waals surface area contributed by atoms with E-state index in [0.717, 1.165) is 62.2 Å². The van der Waals surface area contributed by atoms with Gasteiger partial charge in [-0.1, -0.05) is 166 Å². The summed E-state index contributed by atoms with van der Waals surface area (Å²) in [5.74, 6) is -2.38. The molecule has 8 aromatic carbocycles. The molecule has 0 bridgehead atoms. The lowest BCUT2D eigenvalue weighted by atomic mass is 9.74. The number of halogens is 3. The Kier molecular flexibility index (Phi) is 16.8. The Morgan fingerprint density at radius 1 is 0.506 bits per heavy atom. The van der Waals surface area contributed by atoms with E-state index in [2.05, 4.69) is 24.3 Å². The highest BCUT2D eigenvalue weighted by Crippen LogP contribution is 2.49. The first-order chi connectivity index (χ1) is 37.7. The molecule has 79 heavy (non-hydrogen) atoms. The van der Waals surface area contributed by atoms with Crippen molar-refractivity contribution in [3.8, 4) is 22.6 Å². The van der Waals surface area contributed by atoms with Crippen molar-refractivity contribution in [1.29, 1.82) is 0 Å². The molecule has 2 aliphatic heterocycles. The van der Waals surface area contributed by atoms with E-state index in [-0.39, 0.29) is 63.3 Å². The summed E-state index contributed by atoms with van der Waals surface area (Å²) in [7, 11) is -2.40. The van der Waals surface area contributed by atoms with Crippen LogP contribution in [0, 0.1) is 6.92 Å². The minimum absolute atomic E-state index is 0.00370. The number of carbonyl (C=O) groups is 4. The zero-order valence-electron chi connectivity index (χ0n) is 44.2. The molecule has 15 heteroatoms. The van der Waals surface area contributed by atoms with Gasteiger partial charge in [0, 0.05) is 18.9 Å². The Morgan fingerprint density at radius 3 is 1.29 bits per heavy atom. The highest BCUT2D eigenvalue weighted by molar-refractivity contribution is 7.85. The summed E-state index contributed by atoms with van der Waals surface area (Å²) in [6.45, 7) is 7.38. The van der Waals surface area contributed by atoms with Gasteiger partial charge in [0.2, 0.25) is 0 Å². The largest absolute Gasteiger partial charge is 0.492 e. The number of hydrogen-bond donors (Lipinski definition) is 1. The van der Waals surface area contributed by atoms with Crippen LogP contribution in [0.5, 0.6) is 11.5 Å². The maximum absolute atomic E-state index is 15.5. The normalized spacial score (nSPS) is 13.8. The summed E-state index contributed by atoms with van der Waals surface area (Å²) in [6.07, 6.45) is -4.23. The molecular formula is C64H57F3N2O9S. The Bertz CT molecular complexity index is 3570. The molecule has 404 valence electrons. The quantitative estimate of drug-likeness (QED) is 0.0830. The average Bonchev–Trinajstić information content (AvgIpc) is 3.96. The molecule has 2 heterocycles. The molecule has 0 aliphatic carbocycles. The Morgan fingerprint density at radius 2 is 0.861 bits per heavy atom. The van der Waals surface area contributed by atoms with Crippen LogP contribution >= 0.6 is 0 Å².